The van der Waals surface area contributed by atoms with E-state index in [0.29, 0.717) is 19.4 Å². The number of thiol groups is 1. The molecule has 9 nitrogen and oxygen atoms in total. The lowest BCUT2D eigenvalue weighted by Gasteiger charge is -2.27. The van der Waals surface area contributed by atoms with Gasteiger partial charge in [0.2, 0.25) is 17.7 Å². The van der Waals surface area contributed by atoms with Gasteiger partial charge in [0, 0.05) is 18.7 Å². The van der Waals surface area contributed by atoms with Gasteiger partial charge in [-0.05, 0) is 19.3 Å². The number of carbonyl (C=O) groups excluding carboxylic acids is 3. The molecule has 0 aromatic heterocycles. The Kier molecular flexibility index (Phi) is 7.30. The van der Waals surface area contributed by atoms with E-state index in [0.717, 1.165) is 0 Å². The van der Waals surface area contributed by atoms with Crippen molar-refractivity contribution in [3.05, 3.63) is 0 Å². The summed E-state index contributed by atoms with van der Waals surface area (Å²) in [4.78, 5) is 47.7. The van der Waals surface area contributed by atoms with Gasteiger partial charge in [-0.3, -0.25) is 14.4 Å². The highest BCUT2D eigenvalue weighted by Gasteiger charge is 2.37. The molecule has 0 aromatic rings. The number of primary amides is 1. The van der Waals surface area contributed by atoms with E-state index in [-0.39, 0.29) is 24.5 Å². The second kappa shape index (κ2) is 8.73. The van der Waals surface area contributed by atoms with Gasteiger partial charge in [0.15, 0.2) is 0 Å². The summed E-state index contributed by atoms with van der Waals surface area (Å²) in [5, 5.41) is 11.5. The van der Waals surface area contributed by atoms with Crippen molar-refractivity contribution in [2.75, 3.05) is 12.3 Å². The number of rotatable bonds is 8. The van der Waals surface area contributed by atoms with E-state index in [4.69, 9.17) is 16.6 Å². The summed E-state index contributed by atoms with van der Waals surface area (Å²) in [5.74, 6) is -2.72. The molecule has 130 valence electrons. The fraction of sp³-hybridized carbons (Fsp3) is 0.692. The van der Waals surface area contributed by atoms with E-state index in [1.165, 1.54) is 4.90 Å². The number of aliphatic carboxylic acids is 1. The highest BCUT2D eigenvalue weighted by atomic mass is 32.1. The molecule has 1 heterocycles. The van der Waals surface area contributed by atoms with Gasteiger partial charge >= 0.3 is 5.97 Å². The molecule has 6 N–H and O–H groups in total. The molecule has 0 aliphatic carbocycles. The number of nitrogens with two attached hydrogens (primary N) is 2. The maximum absolute atomic E-state index is 12.3. The molecule has 1 fully saturated rings. The molecule has 0 bridgehead atoms. The van der Waals surface area contributed by atoms with Gasteiger partial charge < -0.3 is 26.8 Å². The van der Waals surface area contributed by atoms with Crippen LogP contribution >= 0.6 is 12.6 Å². The molecule has 0 spiro atoms. The zero-order chi connectivity index (χ0) is 17.6. The first-order valence-corrected chi connectivity index (χ1v) is 7.89. The monoisotopic (exact) mass is 346 g/mol. The zero-order valence-electron chi connectivity index (χ0n) is 12.6. The van der Waals surface area contributed by atoms with Crippen molar-refractivity contribution >= 4 is 36.3 Å². The summed E-state index contributed by atoms with van der Waals surface area (Å²) < 4.78 is 0. The minimum absolute atomic E-state index is 0.104. The maximum Gasteiger partial charge on any atom is 0.326 e. The van der Waals surface area contributed by atoms with Crippen molar-refractivity contribution in [3.63, 3.8) is 0 Å². The van der Waals surface area contributed by atoms with Gasteiger partial charge in [-0.1, -0.05) is 0 Å². The van der Waals surface area contributed by atoms with Gasteiger partial charge in [-0.15, -0.1) is 0 Å². The molecule has 0 saturated carbocycles. The zero-order valence-corrected chi connectivity index (χ0v) is 13.5. The second-order valence-corrected chi connectivity index (χ2v) is 5.75. The third kappa shape index (κ3) is 5.39. The quantitative estimate of drug-likeness (QED) is 0.322. The predicted molar refractivity (Wildman–Crippen MR) is 84.6 cm³/mol. The third-order valence-corrected chi connectivity index (χ3v) is 4.04. The molecule has 0 radical (unpaired) electrons. The summed E-state index contributed by atoms with van der Waals surface area (Å²) in [5.41, 5.74) is 10.6. The van der Waals surface area contributed by atoms with Gasteiger partial charge in [0.25, 0.3) is 0 Å². The number of nitrogens with one attached hydrogen (secondary N) is 1. The van der Waals surface area contributed by atoms with Gasteiger partial charge in [-0.25, -0.2) is 4.79 Å². The summed E-state index contributed by atoms with van der Waals surface area (Å²) >= 11 is 3.96. The Morgan fingerprint density at radius 2 is 2.00 bits per heavy atom. The average molecular weight is 346 g/mol. The molecule has 1 saturated heterocycles. The largest absolute Gasteiger partial charge is 0.480 e. The molecule has 1 aliphatic heterocycles. The predicted octanol–water partition coefficient (Wildman–Crippen LogP) is -1.93. The maximum atomic E-state index is 12.3. The Balaban J connectivity index is 2.71. The number of amides is 3. The van der Waals surface area contributed by atoms with Gasteiger partial charge in [0.1, 0.15) is 12.1 Å². The van der Waals surface area contributed by atoms with E-state index in [1.54, 1.807) is 0 Å². The molecule has 0 aromatic carbocycles. The molecule has 1 rings (SSSR count). The fourth-order valence-electron chi connectivity index (χ4n) is 2.41. The van der Waals surface area contributed by atoms with Gasteiger partial charge in [-0.2, -0.15) is 12.6 Å². The van der Waals surface area contributed by atoms with Crippen molar-refractivity contribution in [3.8, 4) is 0 Å². The Labute approximate surface area is 139 Å². The molecule has 10 heteroatoms. The molecule has 3 atom stereocenters. The minimum atomic E-state index is -1.26. The first-order valence-electron chi connectivity index (χ1n) is 7.26. The van der Waals surface area contributed by atoms with Crippen LogP contribution < -0.4 is 16.8 Å². The third-order valence-electron chi connectivity index (χ3n) is 3.65. The van der Waals surface area contributed by atoms with Crippen LogP contribution in [0.25, 0.3) is 0 Å². The van der Waals surface area contributed by atoms with Crippen LogP contribution in [0.4, 0.5) is 0 Å². The molecular weight excluding hydrogens is 324 g/mol. The smallest absolute Gasteiger partial charge is 0.326 e. The van der Waals surface area contributed by atoms with Crippen molar-refractivity contribution in [1.29, 1.82) is 0 Å². The van der Waals surface area contributed by atoms with Crippen molar-refractivity contribution in [1.82, 2.24) is 10.2 Å². The lowest BCUT2D eigenvalue weighted by atomic mass is 10.1. The molecule has 1 aliphatic rings. The van der Waals surface area contributed by atoms with E-state index >= 15 is 0 Å². The van der Waals surface area contributed by atoms with E-state index in [9.17, 15) is 19.2 Å². The first kappa shape index (κ1) is 19.2. The summed E-state index contributed by atoms with van der Waals surface area (Å²) in [6, 6.07) is -2.80. The summed E-state index contributed by atoms with van der Waals surface area (Å²) in [6.45, 7) is 0.386. The Hall–Kier alpha value is -1.81. The topological polar surface area (TPSA) is 156 Å². The molecular formula is C13H22N4O5S. The number of hydrogen-bond acceptors (Lipinski definition) is 6. The van der Waals surface area contributed by atoms with Crippen LogP contribution in [0.3, 0.4) is 0 Å². The number of likely N-dealkylation sites (tertiary alicyclic amines) is 1. The number of hydrogen-bond donors (Lipinski definition) is 5. The number of carbonyl (C=O) groups is 4. The number of nitrogens with zero attached hydrogens (tertiary/aromatic N) is 1. The lowest BCUT2D eigenvalue weighted by molar-refractivity contribution is -0.144. The van der Waals surface area contributed by atoms with Crippen molar-refractivity contribution in [2.24, 2.45) is 11.5 Å². The molecule has 23 heavy (non-hydrogen) atoms. The average Bonchev–Trinajstić information content (AvgIpc) is 2.98. The molecule has 3 amide bonds. The van der Waals surface area contributed by atoms with E-state index < -0.39 is 35.9 Å². The van der Waals surface area contributed by atoms with Crippen LogP contribution in [0.5, 0.6) is 0 Å². The van der Waals surface area contributed by atoms with E-state index in [2.05, 4.69) is 17.9 Å². The number of carboxylic acids is 1. The van der Waals surface area contributed by atoms with Crippen LogP contribution in [0.2, 0.25) is 0 Å². The normalized spacial score (nSPS) is 19.9. The van der Waals surface area contributed by atoms with Crippen LogP contribution in [-0.2, 0) is 19.2 Å². The van der Waals surface area contributed by atoms with Gasteiger partial charge in [0.05, 0.1) is 6.04 Å². The molecule has 0 unspecified atom stereocenters. The fourth-order valence-corrected chi connectivity index (χ4v) is 2.56. The van der Waals surface area contributed by atoms with Crippen molar-refractivity contribution in [2.45, 2.75) is 43.8 Å². The highest BCUT2D eigenvalue weighted by molar-refractivity contribution is 7.80. The summed E-state index contributed by atoms with van der Waals surface area (Å²) in [6.07, 6.45) is 0.795. The van der Waals surface area contributed by atoms with Crippen LogP contribution in [-0.4, -0.2) is 64.1 Å². The Bertz CT molecular complexity index is 487. The SMILES string of the molecule is NC(=O)CC[C@H](NC(=O)[C@@H]1CCCN1C(=O)[C@@H](N)CS)C(=O)O. The van der Waals surface area contributed by atoms with Crippen LogP contribution in [0.15, 0.2) is 0 Å². The summed E-state index contributed by atoms with van der Waals surface area (Å²) in [7, 11) is 0. The lowest BCUT2D eigenvalue weighted by Crippen LogP contribution is -2.54. The Morgan fingerprint density at radius 1 is 1.35 bits per heavy atom. The Morgan fingerprint density at radius 3 is 2.52 bits per heavy atom. The minimum Gasteiger partial charge on any atom is -0.480 e. The number of carboxylic acid groups (broad SMARTS) is 1. The first-order chi connectivity index (χ1) is 10.8. The highest BCUT2D eigenvalue weighted by Crippen LogP contribution is 2.19. The van der Waals surface area contributed by atoms with Crippen LogP contribution in [0.1, 0.15) is 25.7 Å². The van der Waals surface area contributed by atoms with Crippen molar-refractivity contribution < 1.29 is 24.3 Å². The van der Waals surface area contributed by atoms with E-state index in [1.807, 2.05) is 0 Å². The standard InChI is InChI=1S/C13H22N4O5S/c14-7(6-23)12(20)17-5-1-2-9(17)11(19)16-8(13(21)22)3-4-10(15)18/h7-9,23H,1-6,14H2,(H2,15,18)(H,16,19)(H,21,22)/t7-,8-,9-/m0/s1. The second-order valence-electron chi connectivity index (χ2n) is 5.38. The van der Waals surface area contributed by atoms with Crippen LogP contribution in [0, 0.1) is 0 Å².